The van der Waals surface area contributed by atoms with Crippen LogP contribution in [0.2, 0.25) is 0 Å². The van der Waals surface area contributed by atoms with E-state index in [0.29, 0.717) is 11.7 Å². The first-order chi connectivity index (χ1) is 14.6. The van der Waals surface area contributed by atoms with Crippen molar-refractivity contribution in [3.05, 3.63) is 59.7 Å². The molecule has 0 bridgehead atoms. The third-order valence-corrected chi connectivity index (χ3v) is 5.81. The number of carbonyl (C=O) groups excluding carboxylic acids is 1. The summed E-state index contributed by atoms with van der Waals surface area (Å²) in [5, 5.41) is 5.28. The molecule has 1 N–H and O–H groups in total. The highest BCUT2D eigenvalue weighted by atomic mass is 32.1. The van der Waals surface area contributed by atoms with Crippen LogP contribution in [0.4, 0.5) is 15.2 Å². The lowest BCUT2D eigenvalue weighted by molar-refractivity contribution is -0.117. The number of halogens is 1. The molecule has 6 nitrogen and oxygen atoms in total. The predicted molar refractivity (Wildman–Crippen MR) is 118 cm³/mol. The van der Waals surface area contributed by atoms with E-state index in [-0.39, 0.29) is 11.7 Å². The Morgan fingerprint density at radius 2 is 1.93 bits per heavy atom. The zero-order valence-corrected chi connectivity index (χ0v) is 17.5. The highest BCUT2D eigenvalue weighted by Crippen LogP contribution is 2.25. The number of anilines is 2. The minimum Gasteiger partial charge on any atom is -0.497 e. The smallest absolute Gasteiger partial charge is 0.240 e. The molecule has 0 aliphatic carbocycles. The van der Waals surface area contributed by atoms with Gasteiger partial charge in [-0.25, -0.2) is 9.37 Å². The number of thiazole rings is 1. The molecule has 2 aromatic carbocycles. The molecule has 1 aliphatic heterocycles. The number of ether oxygens (including phenoxy) is 1. The van der Waals surface area contributed by atoms with Gasteiger partial charge in [0.2, 0.25) is 5.91 Å². The second-order valence-corrected chi connectivity index (χ2v) is 7.92. The fraction of sp³-hybridized carbons (Fsp3) is 0.273. The standard InChI is InChI=1S/C22H23FN4O2S/c1-29-19-4-2-3-18(13-19)27-11-9-26(10-12-27)14-21(28)25-22-24-20(15-30-22)16-5-7-17(23)8-6-16/h2-8,13,15H,9-12,14H2,1H3,(H,24,25,28). The first kappa shape index (κ1) is 20.3. The van der Waals surface area contributed by atoms with Gasteiger partial charge in [0.25, 0.3) is 0 Å². The number of aromatic nitrogens is 1. The van der Waals surface area contributed by atoms with Crippen LogP contribution in [0.25, 0.3) is 11.3 Å². The van der Waals surface area contributed by atoms with Gasteiger partial charge in [-0.05, 0) is 36.4 Å². The van der Waals surface area contributed by atoms with Crippen LogP contribution in [-0.2, 0) is 4.79 Å². The van der Waals surface area contributed by atoms with E-state index in [1.807, 2.05) is 23.6 Å². The van der Waals surface area contributed by atoms with E-state index in [1.54, 1.807) is 19.2 Å². The second kappa shape index (κ2) is 9.23. The molecular formula is C22H23FN4O2S. The lowest BCUT2D eigenvalue weighted by Crippen LogP contribution is -2.48. The summed E-state index contributed by atoms with van der Waals surface area (Å²) >= 11 is 1.36. The summed E-state index contributed by atoms with van der Waals surface area (Å²) in [5.74, 6) is 0.483. The fourth-order valence-corrected chi connectivity index (χ4v) is 4.15. The summed E-state index contributed by atoms with van der Waals surface area (Å²) in [5.41, 5.74) is 2.68. The molecule has 3 aromatic rings. The summed E-state index contributed by atoms with van der Waals surface area (Å²) in [4.78, 5) is 21.3. The lowest BCUT2D eigenvalue weighted by atomic mass is 10.2. The Morgan fingerprint density at radius 3 is 2.67 bits per heavy atom. The maximum Gasteiger partial charge on any atom is 0.240 e. The molecule has 2 heterocycles. The topological polar surface area (TPSA) is 57.7 Å². The Bertz CT molecular complexity index is 1000. The molecule has 8 heteroatoms. The first-order valence-electron chi connectivity index (χ1n) is 9.73. The van der Waals surface area contributed by atoms with Gasteiger partial charge in [0, 0.05) is 48.9 Å². The summed E-state index contributed by atoms with van der Waals surface area (Å²) in [6, 6.07) is 14.2. The molecule has 0 saturated carbocycles. The van der Waals surface area contributed by atoms with Crippen molar-refractivity contribution in [2.45, 2.75) is 0 Å². The van der Waals surface area contributed by atoms with Crippen molar-refractivity contribution in [2.24, 2.45) is 0 Å². The summed E-state index contributed by atoms with van der Waals surface area (Å²) in [6.45, 7) is 3.66. The number of piperazine rings is 1. The van der Waals surface area contributed by atoms with E-state index in [9.17, 15) is 9.18 Å². The molecule has 1 fully saturated rings. The van der Waals surface area contributed by atoms with Gasteiger partial charge in [-0.15, -0.1) is 11.3 Å². The Balaban J connectivity index is 1.27. The predicted octanol–water partition coefficient (Wildman–Crippen LogP) is 3.72. The highest BCUT2D eigenvalue weighted by molar-refractivity contribution is 7.14. The molecule has 0 unspecified atom stereocenters. The van der Waals surface area contributed by atoms with Crippen LogP contribution in [0.3, 0.4) is 0 Å². The number of methoxy groups -OCH3 is 1. The van der Waals surface area contributed by atoms with Crippen LogP contribution < -0.4 is 15.0 Å². The number of nitrogens with one attached hydrogen (secondary N) is 1. The molecule has 0 atom stereocenters. The highest BCUT2D eigenvalue weighted by Gasteiger charge is 2.20. The number of nitrogens with zero attached hydrogens (tertiary/aromatic N) is 3. The molecule has 0 spiro atoms. The largest absolute Gasteiger partial charge is 0.497 e. The molecule has 1 aromatic heterocycles. The molecular weight excluding hydrogens is 403 g/mol. The van der Waals surface area contributed by atoms with Crippen LogP contribution in [0, 0.1) is 5.82 Å². The van der Waals surface area contributed by atoms with Crippen LogP contribution in [0.1, 0.15) is 0 Å². The van der Waals surface area contributed by atoms with Gasteiger partial charge >= 0.3 is 0 Å². The van der Waals surface area contributed by atoms with Crippen molar-refractivity contribution in [3.63, 3.8) is 0 Å². The molecule has 1 amide bonds. The Kier molecular flexibility index (Phi) is 6.25. The van der Waals surface area contributed by atoms with Gasteiger partial charge in [0.1, 0.15) is 11.6 Å². The SMILES string of the molecule is COc1cccc(N2CCN(CC(=O)Nc3nc(-c4ccc(F)cc4)cs3)CC2)c1. The number of hydrogen-bond acceptors (Lipinski definition) is 6. The van der Waals surface area contributed by atoms with Gasteiger partial charge in [0.15, 0.2) is 5.13 Å². The molecule has 156 valence electrons. The number of hydrogen-bond donors (Lipinski definition) is 1. The Hall–Kier alpha value is -2.97. The molecule has 1 aliphatic rings. The van der Waals surface area contributed by atoms with Crippen molar-refractivity contribution in [2.75, 3.05) is 50.1 Å². The zero-order chi connectivity index (χ0) is 20.9. The zero-order valence-electron chi connectivity index (χ0n) is 16.7. The first-order valence-corrected chi connectivity index (χ1v) is 10.6. The lowest BCUT2D eigenvalue weighted by Gasteiger charge is -2.35. The van der Waals surface area contributed by atoms with Crippen LogP contribution in [-0.4, -0.2) is 55.6 Å². The summed E-state index contributed by atoms with van der Waals surface area (Å²) < 4.78 is 18.4. The monoisotopic (exact) mass is 426 g/mol. The third kappa shape index (κ3) is 4.95. The van der Waals surface area contributed by atoms with Crippen molar-refractivity contribution < 1.29 is 13.9 Å². The normalized spacial score (nSPS) is 14.5. The average molecular weight is 427 g/mol. The van der Waals surface area contributed by atoms with E-state index in [0.717, 1.165) is 48.9 Å². The maximum absolute atomic E-state index is 13.1. The molecule has 4 rings (SSSR count). The number of benzene rings is 2. The van der Waals surface area contributed by atoms with Gasteiger partial charge in [-0.2, -0.15) is 0 Å². The molecule has 1 saturated heterocycles. The molecule has 0 radical (unpaired) electrons. The number of rotatable bonds is 6. The fourth-order valence-electron chi connectivity index (χ4n) is 3.42. The minimum atomic E-state index is -0.283. The van der Waals surface area contributed by atoms with Crippen LogP contribution in [0.15, 0.2) is 53.9 Å². The Morgan fingerprint density at radius 1 is 1.17 bits per heavy atom. The summed E-state index contributed by atoms with van der Waals surface area (Å²) in [7, 11) is 1.67. The summed E-state index contributed by atoms with van der Waals surface area (Å²) in [6.07, 6.45) is 0. The van der Waals surface area contributed by atoms with Crippen molar-refractivity contribution in [3.8, 4) is 17.0 Å². The van der Waals surface area contributed by atoms with Crippen molar-refractivity contribution in [1.82, 2.24) is 9.88 Å². The average Bonchev–Trinajstić information content (AvgIpc) is 3.23. The second-order valence-electron chi connectivity index (χ2n) is 7.06. The maximum atomic E-state index is 13.1. The number of carbonyl (C=O) groups is 1. The van der Waals surface area contributed by atoms with E-state index in [1.165, 1.54) is 23.5 Å². The van der Waals surface area contributed by atoms with E-state index < -0.39 is 0 Å². The minimum absolute atomic E-state index is 0.0789. The van der Waals surface area contributed by atoms with E-state index in [2.05, 4.69) is 26.2 Å². The van der Waals surface area contributed by atoms with Gasteiger partial charge < -0.3 is 15.0 Å². The van der Waals surface area contributed by atoms with E-state index in [4.69, 9.17) is 4.74 Å². The van der Waals surface area contributed by atoms with Crippen molar-refractivity contribution in [1.29, 1.82) is 0 Å². The quantitative estimate of drug-likeness (QED) is 0.651. The van der Waals surface area contributed by atoms with Gasteiger partial charge in [0.05, 0.1) is 19.3 Å². The molecule has 30 heavy (non-hydrogen) atoms. The van der Waals surface area contributed by atoms with E-state index >= 15 is 0 Å². The van der Waals surface area contributed by atoms with Crippen LogP contribution >= 0.6 is 11.3 Å². The number of amides is 1. The van der Waals surface area contributed by atoms with Gasteiger partial charge in [-0.1, -0.05) is 6.07 Å². The third-order valence-electron chi connectivity index (χ3n) is 5.05. The van der Waals surface area contributed by atoms with Crippen molar-refractivity contribution >= 4 is 28.1 Å². The van der Waals surface area contributed by atoms with Crippen LogP contribution in [0.5, 0.6) is 5.75 Å². The Labute approximate surface area is 178 Å². The van der Waals surface area contributed by atoms with Gasteiger partial charge in [-0.3, -0.25) is 9.69 Å².